The summed E-state index contributed by atoms with van der Waals surface area (Å²) in [6, 6.07) is 5.38. The summed E-state index contributed by atoms with van der Waals surface area (Å²) < 4.78 is 27.4. The van der Waals surface area contributed by atoms with Gasteiger partial charge in [0.05, 0.1) is 10.9 Å². The van der Waals surface area contributed by atoms with E-state index in [1.807, 2.05) is 32.9 Å². The average Bonchev–Trinajstić information content (AvgIpc) is 3.05. The monoisotopic (exact) mass is 327 g/mol. The average molecular weight is 327 g/mol. The zero-order chi connectivity index (χ0) is 15.5. The highest BCUT2D eigenvalue weighted by molar-refractivity contribution is 7.89. The maximum absolute atomic E-state index is 12.4. The van der Waals surface area contributed by atoms with E-state index in [9.17, 15) is 8.42 Å². The van der Waals surface area contributed by atoms with Gasteiger partial charge in [-0.3, -0.25) is 0 Å². The Balaban J connectivity index is 2.09. The molecule has 0 spiro atoms. The first-order valence-electron chi connectivity index (χ1n) is 6.89. The van der Waals surface area contributed by atoms with Crippen LogP contribution in [0.3, 0.4) is 0 Å². The molecular weight excluding hydrogens is 306 g/mol. The summed E-state index contributed by atoms with van der Waals surface area (Å²) in [6.07, 6.45) is 1.53. The number of aryl methyl sites for hydroxylation is 1. The number of rotatable bonds is 7. The second-order valence-electron chi connectivity index (χ2n) is 4.93. The molecule has 0 saturated heterocycles. The van der Waals surface area contributed by atoms with Gasteiger partial charge in [0.15, 0.2) is 0 Å². The van der Waals surface area contributed by atoms with Gasteiger partial charge in [0, 0.05) is 28.2 Å². The van der Waals surface area contributed by atoms with Gasteiger partial charge >= 0.3 is 0 Å². The molecule has 0 fully saturated rings. The Bertz CT molecular complexity index is 689. The van der Waals surface area contributed by atoms with Crippen molar-refractivity contribution in [2.24, 2.45) is 0 Å². The molecule has 3 N–H and O–H groups in total. The fraction of sp³-hybridized carbons (Fsp3) is 0.429. The van der Waals surface area contributed by atoms with Crippen LogP contribution in [0.4, 0.5) is 0 Å². The topological polar surface area (TPSA) is 74.0 Å². The quantitative estimate of drug-likeness (QED) is 0.731. The predicted molar refractivity (Wildman–Crippen MR) is 86.0 cm³/mol. The second-order valence-corrected chi connectivity index (χ2v) is 7.97. The van der Waals surface area contributed by atoms with E-state index in [2.05, 4.69) is 15.0 Å². The fourth-order valence-electron chi connectivity index (χ4n) is 1.98. The molecule has 0 bridgehead atoms. The van der Waals surface area contributed by atoms with Gasteiger partial charge in [-0.1, -0.05) is 6.92 Å². The van der Waals surface area contributed by atoms with Crippen LogP contribution >= 0.6 is 11.3 Å². The fourth-order valence-corrected chi connectivity index (χ4v) is 4.17. The number of thiophene rings is 1. The Kier molecular flexibility index (Phi) is 5.21. The Hall–Kier alpha value is -1.15. The molecule has 2 aromatic rings. The van der Waals surface area contributed by atoms with Crippen LogP contribution in [0.2, 0.25) is 0 Å². The van der Waals surface area contributed by atoms with Crippen LogP contribution in [-0.4, -0.2) is 19.9 Å². The molecule has 0 aromatic carbocycles. The van der Waals surface area contributed by atoms with Crippen LogP contribution in [0.1, 0.15) is 35.3 Å². The van der Waals surface area contributed by atoms with E-state index in [0.717, 1.165) is 17.1 Å². The molecular formula is C14H21N3O2S2. The van der Waals surface area contributed by atoms with Gasteiger partial charge in [0.25, 0.3) is 0 Å². The molecule has 0 saturated carbocycles. The first-order chi connectivity index (χ1) is 9.92. The summed E-state index contributed by atoms with van der Waals surface area (Å²) in [5, 5.41) is 3.15. The van der Waals surface area contributed by atoms with Crippen LogP contribution < -0.4 is 10.0 Å². The molecule has 2 aromatic heterocycles. The largest absolute Gasteiger partial charge is 0.363 e. The number of aromatic amines is 1. The van der Waals surface area contributed by atoms with Gasteiger partial charge in [-0.2, -0.15) is 0 Å². The van der Waals surface area contributed by atoms with E-state index in [1.165, 1.54) is 11.1 Å². The van der Waals surface area contributed by atoms with E-state index in [4.69, 9.17) is 0 Å². The lowest BCUT2D eigenvalue weighted by atomic mass is 10.3. The number of sulfonamides is 1. The van der Waals surface area contributed by atoms with Crippen molar-refractivity contribution in [2.45, 2.75) is 38.3 Å². The van der Waals surface area contributed by atoms with E-state index in [-0.39, 0.29) is 10.9 Å². The van der Waals surface area contributed by atoms with Crippen LogP contribution in [0.15, 0.2) is 29.3 Å². The lowest BCUT2D eigenvalue weighted by molar-refractivity contribution is 0.568. The molecule has 1 atom stereocenters. The first kappa shape index (κ1) is 16.2. The minimum Gasteiger partial charge on any atom is -0.363 e. The maximum Gasteiger partial charge on any atom is 0.242 e. The third kappa shape index (κ3) is 4.16. The summed E-state index contributed by atoms with van der Waals surface area (Å²) >= 11 is 1.60. The van der Waals surface area contributed by atoms with Crippen LogP contribution in [0.5, 0.6) is 0 Å². The third-order valence-corrected chi connectivity index (χ3v) is 5.82. The highest BCUT2D eigenvalue weighted by Gasteiger charge is 2.20. The van der Waals surface area contributed by atoms with Crippen molar-refractivity contribution >= 4 is 21.4 Å². The normalized spacial score (nSPS) is 13.5. The molecule has 0 aliphatic rings. The number of aromatic nitrogens is 1. The van der Waals surface area contributed by atoms with Crippen molar-refractivity contribution in [1.82, 2.24) is 15.0 Å². The molecule has 5 nitrogen and oxygen atoms in total. The van der Waals surface area contributed by atoms with Gasteiger partial charge in [-0.15, -0.1) is 11.3 Å². The van der Waals surface area contributed by atoms with Crippen molar-refractivity contribution in [3.05, 3.63) is 39.8 Å². The molecule has 0 aliphatic carbocycles. The van der Waals surface area contributed by atoms with Gasteiger partial charge in [-0.25, -0.2) is 13.1 Å². The standard InChI is InChI=1S/C14H21N3O2S2/c1-4-15-8-12-7-13(9-16-12)21(18,19)17-11(3)14-6-5-10(2)20-14/h5-7,9,11,15-17H,4,8H2,1-3H3. The van der Waals surface area contributed by atoms with Crippen LogP contribution in [0, 0.1) is 6.92 Å². The number of hydrogen-bond donors (Lipinski definition) is 3. The van der Waals surface area contributed by atoms with Crippen LogP contribution in [-0.2, 0) is 16.6 Å². The molecule has 0 aliphatic heterocycles. The SMILES string of the molecule is CCNCc1cc(S(=O)(=O)NC(C)c2ccc(C)s2)c[nH]1. The van der Waals surface area contributed by atoms with E-state index < -0.39 is 10.0 Å². The maximum atomic E-state index is 12.4. The van der Waals surface area contributed by atoms with Crippen molar-refractivity contribution in [3.8, 4) is 0 Å². The summed E-state index contributed by atoms with van der Waals surface area (Å²) in [5.74, 6) is 0. The second kappa shape index (κ2) is 6.74. The zero-order valence-electron chi connectivity index (χ0n) is 12.4. The molecule has 0 amide bonds. The van der Waals surface area contributed by atoms with Crippen molar-refractivity contribution in [3.63, 3.8) is 0 Å². The summed E-state index contributed by atoms with van der Waals surface area (Å²) in [5.41, 5.74) is 0.858. The highest BCUT2D eigenvalue weighted by atomic mass is 32.2. The first-order valence-corrected chi connectivity index (χ1v) is 9.19. The van der Waals surface area contributed by atoms with Crippen molar-refractivity contribution in [2.75, 3.05) is 6.54 Å². The molecule has 0 radical (unpaired) electrons. The van der Waals surface area contributed by atoms with E-state index >= 15 is 0 Å². The Morgan fingerprint density at radius 3 is 2.76 bits per heavy atom. The lowest BCUT2D eigenvalue weighted by Crippen LogP contribution is -2.26. The Labute approximate surface area is 129 Å². The van der Waals surface area contributed by atoms with Gasteiger partial charge in [-0.05, 0) is 38.6 Å². The predicted octanol–water partition coefficient (Wildman–Crippen LogP) is 2.53. The lowest BCUT2D eigenvalue weighted by Gasteiger charge is -2.11. The molecule has 7 heteroatoms. The van der Waals surface area contributed by atoms with Gasteiger partial charge in [0.2, 0.25) is 10.0 Å². The molecule has 116 valence electrons. The van der Waals surface area contributed by atoms with Crippen LogP contribution in [0.25, 0.3) is 0 Å². The molecule has 21 heavy (non-hydrogen) atoms. The number of nitrogens with one attached hydrogen (secondary N) is 3. The minimum atomic E-state index is -3.50. The Morgan fingerprint density at radius 2 is 2.14 bits per heavy atom. The minimum absolute atomic E-state index is 0.235. The third-order valence-electron chi connectivity index (χ3n) is 3.11. The number of H-pyrrole nitrogens is 1. The Morgan fingerprint density at radius 1 is 1.38 bits per heavy atom. The molecule has 1 unspecified atom stereocenters. The summed E-state index contributed by atoms with van der Waals surface area (Å²) in [4.78, 5) is 5.44. The van der Waals surface area contributed by atoms with Crippen molar-refractivity contribution < 1.29 is 8.42 Å². The summed E-state index contributed by atoms with van der Waals surface area (Å²) in [7, 11) is -3.50. The van der Waals surface area contributed by atoms with Crippen molar-refractivity contribution in [1.29, 1.82) is 0 Å². The van der Waals surface area contributed by atoms with Gasteiger partial charge in [0.1, 0.15) is 0 Å². The smallest absolute Gasteiger partial charge is 0.242 e. The highest BCUT2D eigenvalue weighted by Crippen LogP contribution is 2.24. The molecule has 2 heterocycles. The number of hydrogen-bond acceptors (Lipinski definition) is 4. The summed E-state index contributed by atoms with van der Waals surface area (Å²) in [6.45, 7) is 7.34. The zero-order valence-corrected chi connectivity index (χ0v) is 14.1. The van der Waals surface area contributed by atoms with Gasteiger partial charge < -0.3 is 10.3 Å². The molecule has 2 rings (SSSR count). The van der Waals surface area contributed by atoms with E-state index in [1.54, 1.807) is 17.4 Å². The van der Waals surface area contributed by atoms with E-state index in [0.29, 0.717) is 6.54 Å².